The van der Waals surface area contributed by atoms with E-state index in [0.717, 1.165) is 5.56 Å². The van der Waals surface area contributed by atoms with Crippen LogP contribution in [-0.4, -0.2) is 61.1 Å². The van der Waals surface area contributed by atoms with Gasteiger partial charge >= 0.3 is 0 Å². The standard InChI is InChI=1S/C17H27N3O3S/c1-4-18-16(19-12-15(21)14-8-6-5-7-9-14)20-10-11-24(22,23)17(2,3)13-20/h5-9,15,21H,4,10-13H2,1-3H3,(H,18,19). The zero-order valence-electron chi connectivity index (χ0n) is 14.6. The van der Waals surface area contributed by atoms with Crippen molar-refractivity contribution in [2.45, 2.75) is 31.6 Å². The lowest BCUT2D eigenvalue weighted by molar-refractivity contribution is 0.186. The largest absolute Gasteiger partial charge is 0.386 e. The fourth-order valence-electron chi connectivity index (χ4n) is 2.70. The fourth-order valence-corrected chi connectivity index (χ4v) is 4.07. The van der Waals surface area contributed by atoms with E-state index >= 15 is 0 Å². The Morgan fingerprint density at radius 1 is 1.38 bits per heavy atom. The van der Waals surface area contributed by atoms with Gasteiger partial charge in [0.05, 0.1) is 23.1 Å². The van der Waals surface area contributed by atoms with Crippen molar-refractivity contribution in [2.75, 3.05) is 31.9 Å². The zero-order chi connectivity index (χ0) is 17.8. The van der Waals surface area contributed by atoms with E-state index in [1.54, 1.807) is 13.8 Å². The van der Waals surface area contributed by atoms with Crippen molar-refractivity contribution in [3.8, 4) is 0 Å². The van der Waals surface area contributed by atoms with Crippen LogP contribution in [0, 0.1) is 0 Å². The van der Waals surface area contributed by atoms with Gasteiger partial charge in [-0.1, -0.05) is 30.3 Å². The van der Waals surface area contributed by atoms with Gasteiger partial charge in [-0.3, -0.25) is 4.99 Å². The number of aliphatic hydroxyl groups is 1. The first-order valence-corrected chi connectivity index (χ1v) is 9.90. The maximum Gasteiger partial charge on any atom is 0.194 e. The molecule has 0 aromatic heterocycles. The Hall–Kier alpha value is -1.60. The first-order valence-electron chi connectivity index (χ1n) is 8.25. The summed E-state index contributed by atoms with van der Waals surface area (Å²) in [6.45, 7) is 7.18. The van der Waals surface area contributed by atoms with Gasteiger partial charge in [0.2, 0.25) is 0 Å². The lowest BCUT2D eigenvalue weighted by Gasteiger charge is -2.39. The molecule has 0 saturated carbocycles. The molecule has 2 N–H and O–H groups in total. The van der Waals surface area contributed by atoms with Crippen LogP contribution in [0.25, 0.3) is 0 Å². The summed E-state index contributed by atoms with van der Waals surface area (Å²) < 4.78 is 23.5. The van der Waals surface area contributed by atoms with Gasteiger partial charge in [0, 0.05) is 19.6 Å². The number of nitrogens with zero attached hydrogens (tertiary/aromatic N) is 2. The average Bonchev–Trinajstić information content (AvgIpc) is 2.54. The molecule has 1 aliphatic rings. The molecule has 134 valence electrons. The van der Waals surface area contributed by atoms with E-state index in [9.17, 15) is 13.5 Å². The molecule has 1 aliphatic heterocycles. The van der Waals surface area contributed by atoms with Crippen molar-refractivity contribution in [1.29, 1.82) is 0 Å². The second-order valence-electron chi connectivity index (χ2n) is 6.62. The molecule has 1 heterocycles. The third kappa shape index (κ3) is 4.27. The second kappa shape index (κ2) is 7.53. The van der Waals surface area contributed by atoms with Crippen LogP contribution in [-0.2, 0) is 9.84 Å². The average molecular weight is 353 g/mol. The molecule has 1 aromatic rings. The van der Waals surface area contributed by atoms with E-state index in [4.69, 9.17) is 0 Å². The molecule has 1 aromatic carbocycles. The highest BCUT2D eigenvalue weighted by Crippen LogP contribution is 2.24. The van der Waals surface area contributed by atoms with Gasteiger partial charge < -0.3 is 15.3 Å². The summed E-state index contributed by atoms with van der Waals surface area (Å²) in [4.78, 5) is 6.47. The number of benzene rings is 1. The Labute approximate surface area is 144 Å². The summed E-state index contributed by atoms with van der Waals surface area (Å²) in [5, 5.41) is 13.5. The van der Waals surface area contributed by atoms with Gasteiger partial charge in [-0.05, 0) is 26.3 Å². The van der Waals surface area contributed by atoms with E-state index in [2.05, 4.69) is 10.3 Å². The molecular weight excluding hydrogens is 326 g/mol. The molecule has 24 heavy (non-hydrogen) atoms. The SMILES string of the molecule is CCNC(=NCC(O)c1ccccc1)N1CCS(=O)(=O)C(C)(C)C1. The summed E-state index contributed by atoms with van der Waals surface area (Å²) >= 11 is 0. The van der Waals surface area contributed by atoms with Crippen LogP contribution < -0.4 is 5.32 Å². The zero-order valence-corrected chi connectivity index (χ0v) is 15.4. The molecule has 1 saturated heterocycles. The molecule has 1 fully saturated rings. The van der Waals surface area contributed by atoms with Gasteiger partial charge in [-0.2, -0.15) is 0 Å². The lowest BCUT2D eigenvalue weighted by Crippen LogP contribution is -2.57. The lowest BCUT2D eigenvalue weighted by atomic mass is 10.1. The highest BCUT2D eigenvalue weighted by atomic mass is 32.2. The van der Waals surface area contributed by atoms with Crippen LogP contribution in [0.4, 0.5) is 0 Å². The molecule has 0 bridgehead atoms. The third-order valence-corrected chi connectivity index (χ3v) is 6.81. The molecule has 0 radical (unpaired) electrons. The summed E-state index contributed by atoms with van der Waals surface area (Å²) in [6.07, 6.45) is -0.679. The smallest absolute Gasteiger partial charge is 0.194 e. The van der Waals surface area contributed by atoms with Gasteiger partial charge in [0.25, 0.3) is 0 Å². The van der Waals surface area contributed by atoms with Crippen LogP contribution in [0.3, 0.4) is 0 Å². The number of hydrogen-bond acceptors (Lipinski definition) is 4. The van der Waals surface area contributed by atoms with Crippen molar-refractivity contribution in [3.05, 3.63) is 35.9 Å². The number of nitrogens with one attached hydrogen (secondary N) is 1. The van der Waals surface area contributed by atoms with Gasteiger partial charge in [0.1, 0.15) is 0 Å². The Kier molecular flexibility index (Phi) is 5.87. The Bertz CT molecular complexity index is 672. The molecule has 1 unspecified atom stereocenters. The maximum absolute atomic E-state index is 12.2. The molecule has 0 amide bonds. The van der Waals surface area contributed by atoms with E-state index in [-0.39, 0.29) is 12.3 Å². The van der Waals surface area contributed by atoms with Crippen LogP contribution in [0.15, 0.2) is 35.3 Å². The van der Waals surface area contributed by atoms with Crippen molar-refractivity contribution >= 4 is 15.8 Å². The minimum absolute atomic E-state index is 0.117. The monoisotopic (exact) mass is 353 g/mol. The Morgan fingerprint density at radius 3 is 2.62 bits per heavy atom. The van der Waals surface area contributed by atoms with Crippen molar-refractivity contribution < 1.29 is 13.5 Å². The summed E-state index contributed by atoms with van der Waals surface area (Å²) in [5.41, 5.74) is 0.818. The summed E-state index contributed by atoms with van der Waals surface area (Å²) in [7, 11) is -3.09. The predicted octanol–water partition coefficient (Wildman–Crippen LogP) is 1.19. The molecular formula is C17H27N3O3S. The quantitative estimate of drug-likeness (QED) is 0.628. The molecule has 0 spiro atoms. The number of aliphatic hydroxyl groups excluding tert-OH is 1. The van der Waals surface area contributed by atoms with Crippen LogP contribution in [0.5, 0.6) is 0 Å². The van der Waals surface area contributed by atoms with Crippen molar-refractivity contribution in [2.24, 2.45) is 4.99 Å². The normalized spacial score (nSPS) is 21.3. The maximum atomic E-state index is 12.2. The van der Waals surface area contributed by atoms with Crippen molar-refractivity contribution in [1.82, 2.24) is 10.2 Å². The number of guanidine groups is 1. The van der Waals surface area contributed by atoms with Crippen molar-refractivity contribution in [3.63, 3.8) is 0 Å². The van der Waals surface area contributed by atoms with E-state index in [1.165, 1.54) is 0 Å². The van der Waals surface area contributed by atoms with Gasteiger partial charge in [0.15, 0.2) is 15.8 Å². The van der Waals surface area contributed by atoms with Crippen LogP contribution in [0.1, 0.15) is 32.4 Å². The van der Waals surface area contributed by atoms with E-state index < -0.39 is 20.7 Å². The molecule has 7 heteroatoms. The Morgan fingerprint density at radius 2 is 2.04 bits per heavy atom. The minimum Gasteiger partial charge on any atom is -0.386 e. The first-order chi connectivity index (χ1) is 11.3. The number of aliphatic imine (C=N–C) groups is 1. The van der Waals surface area contributed by atoms with Crippen LogP contribution >= 0.6 is 0 Å². The summed E-state index contributed by atoms with van der Waals surface area (Å²) in [6, 6.07) is 9.39. The second-order valence-corrected chi connectivity index (χ2v) is 9.36. The number of sulfone groups is 1. The molecule has 2 rings (SSSR count). The minimum atomic E-state index is -3.09. The first kappa shape index (κ1) is 18.7. The Balaban J connectivity index is 2.11. The van der Waals surface area contributed by atoms with Gasteiger partial charge in [-0.25, -0.2) is 8.42 Å². The molecule has 0 aliphatic carbocycles. The highest BCUT2D eigenvalue weighted by Gasteiger charge is 2.40. The summed E-state index contributed by atoms with van der Waals surface area (Å²) in [5.74, 6) is 0.765. The highest BCUT2D eigenvalue weighted by molar-refractivity contribution is 7.92. The topological polar surface area (TPSA) is 82.0 Å². The van der Waals surface area contributed by atoms with E-state index in [1.807, 2.05) is 42.2 Å². The predicted molar refractivity (Wildman–Crippen MR) is 96.8 cm³/mol. The fraction of sp³-hybridized carbons (Fsp3) is 0.588. The van der Waals surface area contributed by atoms with E-state index in [0.29, 0.717) is 25.6 Å². The number of rotatable bonds is 4. The molecule has 1 atom stereocenters. The number of hydrogen-bond donors (Lipinski definition) is 2. The third-order valence-electron chi connectivity index (χ3n) is 4.28. The van der Waals surface area contributed by atoms with Gasteiger partial charge in [-0.15, -0.1) is 0 Å². The van der Waals surface area contributed by atoms with Crippen LogP contribution in [0.2, 0.25) is 0 Å². The molecule has 6 nitrogen and oxygen atoms in total.